The largest absolute Gasteiger partial charge is 0.393 e. The van der Waals surface area contributed by atoms with Crippen LogP contribution >= 0.6 is 0 Å². The van der Waals surface area contributed by atoms with Gasteiger partial charge in [-0.3, -0.25) is 0 Å². The molecule has 28 heavy (non-hydrogen) atoms. The molecule has 4 aliphatic carbocycles. The van der Waals surface area contributed by atoms with E-state index >= 15 is 0 Å². The predicted octanol–water partition coefficient (Wildman–Crippen LogP) is 6.19. The molecule has 0 spiro atoms. The monoisotopic (exact) mass is 390 g/mol. The molecule has 4 aliphatic rings. The quantitative estimate of drug-likeness (QED) is 0.587. The Morgan fingerprint density at radius 3 is 2.32 bits per heavy atom. The highest BCUT2D eigenvalue weighted by Gasteiger charge is 2.60. The maximum atomic E-state index is 10.7. The third-order valence-electron chi connectivity index (χ3n) is 10.5. The van der Waals surface area contributed by atoms with Crippen LogP contribution in [-0.4, -0.2) is 22.4 Å². The van der Waals surface area contributed by atoms with E-state index in [2.05, 4.69) is 27.7 Å². The van der Waals surface area contributed by atoms with E-state index in [4.69, 9.17) is 0 Å². The summed E-state index contributed by atoms with van der Waals surface area (Å²) in [5, 5.41) is 20.9. The molecule has 9 atom stereocenters. The lowest BCUT2D eigenvalue weighted by Gasteiger charge is -2.61. The van der Waals surface area contributed by atoms with Gasteiger partial charge in [0.15, 0.2) is 0 Å². The number of aliphatic hydroxyl groups is 2. The minimum atomic E-state index is -0.0891. The zero-order valence-corrected chi connectivity index (χ0v) is 19.0. The Hall–Kier alpha value is -0.0800. The predicted molar refractivity (Wildman–Crippen MR) is 116 cm³/mol. The van der Waals surface area contributed by atoms with E-state index in [1.54, 1.807) is 0 Å². The molecule has 8 unspecified atom stereocenters. The van der Waals surface area contributed by atoms with Crippen molar-refractivity contribution in [2.75, 3.05) is 0 Å². The lowest BCUT2D eigenvalue weighted by Crippen LogP contribution is -2.54. The van der Waals surface area contributed by atoms with Crippen molar-refractivity contribution in [2.45, 2.75) is 117 Å². The molecule has 0 aliphatic heterocycles. The lowest BCUT2D eigenvalue weighted by molar-refractivity contribution is -0.128. The van der Waals surface area contributed by atoms with E-state index in [0.29, 0.717) is 16.7 Å². The van der Waals surface area contributed by atoms with Gasteiger partial charge in [-0.15, -0.1) is 0 Å². The highest BCUT2D eigenvalue weighted by atomic mass is 16.3. The molecule has 162 valence electrons. The second-order valence-corrected chi connectivity index (χ2v) is 12.3. The van der Waals surface area contributed by atoms with Gasteiger partial charge in [0.25, 0.3) is 0 Å². The van der Waals surface area contributed by atoms with E-state index in [9.17, 15) is 10.2 Å². The second kappa shape index (κ2) is 7.88. The van der Waals surface area contributed by atoms with Crippen molar-refractivity contribution in [3.63, 3.8) is 0 Å². The molecule has 4 fully saturated rings. The molecule has 0 aromatic heterocycles. The maximum absolute atomic E-state index is 10.7. The molecule has 2 nitrogen and oxygen atoms in total. The summed E-state index contributed by atoms with van der Waals surface area (Å²) in [5.41, 5.74) is 0.954. The Kier molecular flexibility index (Phi) is 5.95. The second-order valence-electron chi connectivity index (χ2n) is 12.3. The van der Waals surface area contributed by atoms with Gasteiger partial charge in [-0.25, -0.2) is 0 Å². The number of aliphatic hydroxyl groups excluding tert-OH is 2. The molecule has 0 radical (unpaired) electrons. The SMILES string of the molecule is CC(C)CCC(O)C[C@H]1CCC2C3CCC4CC(O)CCC4(C)C3CCC21C. The van der Waals surface area contributed by atoms with Gasteiger partial charge in [0.1, 0.15) is 0 Å². The van der Waals surface area contributed by atoms with Gasteiger partial charge in [-0.2, -0.15) is 0 Å². The number of fused-ring (bicyclic) bond motifs is 5. The topological polar surface area (TPSA) is 40.5 Å². The molecular weight excluding hydrogens is 344 g/mol. The number of hydrogen-bond acceptors (Lipinski definition) is 2. The van der Waals surface area contributed by atoms with Crippen molar-refractivity contribution in [1.82, 2.24) is 0 Å². The number of rotatable bonds is 5. The molecule has 0 bridgehead atoms. The van der Waals surface area contributed by atoms with Crippen LogP contribution in [0.2, 0.25) is 0 Å². The maximum Gasteiger partial charge on any atom is 0.0543 e. The summed E-state index contributed by atoms with van der Waals surface area (Å²) in [6.45, 7) is 9.72. The fourth-order valence-electron chi connectivity index (χ4n) is 8.70. The Morgan fingerprint density at radius 2 is 1.57 bits per heavy atom. The van der Waals surface area contributed by atoms with Crippen LogP contribution in [0, 0.1) is 46.3 Å². The summed E-state index contributed by atoms with van der Waals surface area (Å²) in [6, 6.07) is 0. The Morgan fingerprint density at radius 1 is 0.857 bits per heavy atom. The third-order valence-corrected chi connectivity index (χ3v) is 10.5. The highest BCUT2D eigenvalue weighted by molar-refractivity contribution is 5.09. The molecule has 2 N–H and O–H groups in total. The van der Waals surface area contributed by atoms with Crippen molar-refractivity contribution in [3.8, 4) is 0 Å². The van der Waals surface area contributed by atoms with Crippen LogP contribution in [0.1, 0.15) is 105 Å². The van der Waals surface area contributed by atoms with Crippen molar-refractivity contribution < 1.29 is 10.2 Å². The van der Waals surface area contributed by atoms with Crippen molar-refractivity contribution in [2.24, 2.45) is 46.3 Å². The van der Waals surface area contributed by atoms with Gasteiger partial charge >= 0.3 is 0 Å². The van der Waals surface area contributed by atoms with Gasteiger partial charge < -0.3 is 10.2 Å². The smallest absolute Gasteiger partial charge is 0.0543 e. The molecule has 2 heteroatoms. The first-order chi connectivity index (χ1) is 13.2. The third kappa shape index (κ3) is 3.59. The minimum Gasteiger partial charge on any atom is -0.393 e. The molecule has 0 amide bonds. The molecular formula is C26H46O2. The fraction of sp³-hybridized carbons (Fsp3) is 1.00. The summed E-state index contributed by atoms with van der Waals surface area (Å²) < 4.78 is 0. The first-order valence-electron chi connectivity index (χ1n) is 12.6. The summed E-state index contributed by atoms with van der Waals surface area (Å²) in [4.78, 5) is 0. The molecule has 0 aromatic rings. The Balaban J connectivity index is 1.45. The van der Waals surface area contributed by atoms with Gasteiger partial charge in [0.2, 0.25) is 0 Å². The van der Waals surface area contributed by atoms with E-state index in [-0.39, 0.29) is 12.2 Å². The van der Waals surface area contributed by atoms with Crippen LogP contribution in [-0.2, 0) is 0 Å². The standard InChI is InChI=1S/C26H46O2/c1-17(2)5-8-20(27)15-19-7-10-23-22-9-6-18-16-21(28)11-13-25(18,3)24(22)12-14-26(19,23)4/h17-24,27-28H,5-16H2,1-4H3/t18?,19-,20?,21?,22?,23?,24?,25?,26?/m1/s1. The molecule has 4 rings (SSSR count). The van der Waals surface area contributed by atoms with Crippen LogP contribution < -0.4 is 0 Å². The summed E-state index contributed by atoms with van der Waals surface area (Å²) >= 11 is 0. The zero-order valence-electron chi connectivity index (χ0n) is 19.0. The van der Waals surface area contributed by atoms with E-state index in [1.165, 1.54) is 44.9 Å². The average Bonchev–Trinajstić information content (AvgIpc) is 2.97. The molecule has 0 aromatic carbocycles. The summed E-state index contributed by atoms with van der Waals surface area (Å²) in [6.07, 6.45) is 14.7. The van der Waals surface area contributed by atoms with Crippen molar-refractivity contribution in [1.29, 1.82) is 0 Å². The number of hydrogen-bond donors (Lipinski definition) is 2. The first kappa shape index (κ1) is 21.2. The first-order valence-corrected chi connectivity index (χ1v) is 12.6. The van der Waals surface area contributed by atoms with Crippen LogP contribution in [0.5, 0.6) is 0 Å². The fourth-order valence-corrected chi connectivity index (χ4v) is 8.70. The normalized spacial score (nSPS) is 49.4. The molecule has 4 saturated carbocycles. The molecule has 0 saturated heterocycles. The van der Waals surface area contributed by atoms with E-state index < -0.39 is 0 Å². The van der Waals surface area contributed by atoms with Crippen LogP contribution in [0.4, 0.5) is 0 Å². The Bertz CT molecular complexity index is 545. The summed E-state index contributed by atoms with van der Waals surface area (Å²) in [7, 11) is 0. The highest BCUT2D eigenvalue weighted by Crippen LogP contribution is 2.67. The van der Waals surface area contributed by atoms with E-state index in [1.807, 2.05) is 0 Å². The van der Waals surface area contributed by atoms with Crippen LogP contribution in [0.25, 0.3) is 0 Å². The van der Waals surface area contributed by atoms with Crippen LogP contribution in [0.15, 0.2) is 0 Å². The molecule has 0 heterocycles. The van der Waals surface area contributed by atoms with Gasteiger partial charge in [-0.1, -0.05) is 27.7 Å². The van der Waals surface area contributed by atoms with Gasteiger partial charge in [0, 0.05) is 0 Å². The van der Waals surface area contributed by atoms with Gasteiger partial charge in [0.05, 0.1) is 12.2 Å². The van der Waals surface area contributed by atoms with Crippen molar-refractivity contribution in [3.05, 3.63) is 0 Å². The average molecular weight is 391 g/mol. The minimum absolute atomic E-state index is 0.0355. The van der Waals surface area contributed by atoms with Crippen LogP contribution in [0.3, 0.4) is 0 Å². The zero-order chi connectivity index (χ0) is 20.1. The lowest BCUT2D eigenvalue weighted by atomic mass is 9.44. The van der Waals surface area contributed by atoms with Crippen molar-refractivity contribution >= 4 is 0 Å². The van der Waals surface area contributed by atoms with Gasteiger partial charge in [-0.05, 0) is 123 Å². The van der Waals surface area contributed by atoms with E-state index in [0.717, 1.165) is 61.7 Å². The summed E-state index contributed by atoms with van der Waals surface area (Å²) in [5.74, 6) is 4.88. The Labute approximate surface area is 173 Å².